The lowest BCUT2D eigenvalue weighted by atomic mass is 9.63. The third kappa shape index (κ3) is 13.2. The van der Waals surface area contributed by atoms with Crippen LogP contribution in [0.1, 0.15) is 160 Å². The quantitative estimate of drug-likeness (QED) is 0.0576. The second-order valence-corrected chi connectivity index (χ2v) is 29.6. The first-order chi connectivity index (χ1) is 44.2. The molecular weight excluding hydrogens is 1230 g/mol. The fraction of sp³-hybridized carbons (Fsp3) is 0.806. The molecule has 13 aliphatic rings. The molecule has 6 saturated heterocycles. The summed E-state index contributed by atoms with van der Waals surface area (Å²) in [6.45, 7) is 21.1. The van der Waals surface area contributed by atoms with Crippen LogP contribution < -0.4 is 0 Å². The standard InChI is InChI=1S/C18H24O8.C17H24O6.C16H19NO7.C16H24O5/c1-5-17(2,3)14(20)24-8-11(19)25-12-9-6-10-13(12)26-16(22)18(10,7-9)15(21)23-4;1-4-17(2,3)16(20)21-8-12(18)22-13-9-5-6-10-11(7-9)15(19)23-14(10)13;1-4-15(2,3)13(19)21-6-9(18)23-10-8-5-16(7-17)12(22-8)11(10)24-14(16)20;1-4-16(2,3)15(18)20-6-5-19-12-9-7-10-11(8-9)14(17)21-13(10)12/h9-10,12-13H,5-8H2,1-4H3;9-11,13-14H,4-8H2,1-3H3;8,10-12H,4-6H2,1-3H3;9-13H,4-8H2,1-3H3. The molecule has 27 heteroatoms. The number of hydrogen-bond acceptors (Lipinski definition) is 27. The van der Waals surface area contributed by atoms with Gasteiger partial charge in [0.15, 0.2) is 42.9 Å². The third-order valence-corrected chi connectivity index (χ3v) is 22.5. The molecule has 94 heavy (non-hydrogen) atoms. The smallest absolute Gasteiger partial charge is 0.344 e. The molecule has 0 spiro atoms. The van der Waals surface area contributed by atoms with Gasteiger partial charge in [0.1, 0.15) is 49.3 Å². The Balaban J connectivity index is 0.000000148. The molecule has 7 aliphatic carbocycles. The van der Waals surface area contributed by atoms with Gasteiger partial charge < -0.3 is 66.3 Å². The Morgan fingerprint density at radius 1 is 0.511 bits per heavy atom. The van der Waals surface area contributed by atoms with Crippen molar-refractivity contribution in [2.45, 2.75) is 221 Å². The summed E-state index contributed by atoms with van der Waals surface area (Å²) in [6, 6.07) is 1.98. The second kappa shape index (κ2) is 27.3. The number of carbonyl (C=O) groups is 12. The lowest BCUT2D eigenvalue weighted by molar-refractivity contribution is -0.180. The third-order valence-electron chi connectivity index (χ3n) is 22.5. The summed E-state index contributed by atoms with van der Waals surface area (Å²) in [5.41, 5.74) is -4.95. The Labute approximate surface area is 546 Å². The number of rotatable bonds is 22. The number of nitriles is 1. The van der Waals surface area contributed by atoms with E-state index >= 15 is 0 Å². The molecule has 520 valence electrons. The fourth-order valence-corrected chi connectivity index (χ4v) is 15.2. The maximum Gasteiger partial charge on any atom is 0.344 e. The van der Waals surface area contributed by atoms with E-state index in [1.807, 2.05) is 47.6 Å². The molecule has 13 fully saturated rings. The van der Waals surface area contributed by atoms with Crippen molar-refractivity contribution in [1.29, 1.82) is 5.26 Å². The van der Waals surface area contributed by atoms with Crippen LogP contribution in [-0.4, -0.2) is 173 Å². The largest absolute Gasteiger partial charge is 0.468 e. The van der Waals surface area contributed by atoms with Crippen LogP contribution >= 0.6 is 0 Å². The molecule has 27 nitrogen and oxygen atoms in total. The highest BCUT2D eigenvalue weighted by Crippen LogP contribution is 2.63. The van der Waals surface area contributed by atoms with Gasteiger partial charge in [0, 0.05) is 36.0 Å². The molecule has 20 atom stereocenters. The fourth-order valence-electron chi connectivity index (χ4n) is 15.2. The summed E-state index contributed by atoms with van der Waals surface area (Å²) < 4.78 is 74.2. The minimum Gasteiger partial charge on any atom is -0.468 e. The molecule has 7 saturated carbocycles. The summed E-state index contributed by atoms with van der Waals surface area (Å²) >= 11 is 0. The van der Waals surface area contributed by atoms with Crippen LogP contribution in [0.25, 0.3) is 0 Å². The number of hydrogen-bond donors (Lipinski definition) is 0. The predicted octanol–water partition coefficient (Wildman–Crippen LogP) is 5.27. The van der Waals surface area contributed by atoms with Crippen LogP contribution in [0.3, 0.4) is 0 Å². The van der Waals surface area contributed by atoms with Gasteiger partial charge in [0.25, 0.3) is 0 Å². The average molecular weight is 1330 g/mol. The summed E-state index contributed by atoms with van der Waals surface area (Å²) in [4.78, 5) is 143. The van der Waals surface area contributed by atoms with Gasteiger partial charge in [-0.3, -0.25) is 43.2 Å². The van der Waals surface area contributed by atoms with E-state index in [4.69, 9.17) is 66.3 Å². The van der Waals surface area contributed by atoms with Gasteiger partial charge in [-0.15, -0.1) is 0 Å². The highest BCUT2D eigenvalue weighted by Gasteiger charge is 2.76. The average Bonchev–Trinajstić information content (AvgIpc) is 1.53. The summed E-state index contributed by atoms with van der Waals surface area (Å²) in [5, 5.41) is 9.25. The Morgan fingerprint density at radius 2 is 0.979 bits per heavy atom. The lowest BCUT2D eigenvalue weighted by Crippen LogP contribution is -2.50. The van der Waals surface area contributed by atoms with Crippen molar-refractivity contribution in [2.75, 3.05) is 40.1 Å². The molecule has 10 bridgehead atoms. The maximum absolute atomic E-state index is 12.3. The zero-order valence-electron chi connectivity index (χ0n) is 56.0. The van der Waals surface area contributed by atoms with Crippen molar-refractivity contribution in [2.24, 2.45) is 79.8 Å². The molecule has 0 aromatic carbocycles. The highest BCUT2D eigenvalue weighted by atomic mass is 16.7. The molecule has 13 rings (SSSR count). The van der Waals surface area contributed by atoms with E-state index in [0.717, 1.165) is 38.5 Å². The van der Waals surface area contributed by atoms with Crippen LogP contribution in [0.4, 0.5) is 0 Å². The van der Waals surface area contributed by atoms with E-state index in [-0.39, 0.29) is 104 Å². The Hall–Kier alpha value is -6.95. The molecule has 6 heterocycles. The Bertz CT molecular complexity index is 3050. The monoisotopic (exact) mass is 1330 g/mol. The molecule has 0 aromatic heterocycles. The van der Waals surface area contributed by atoms with Crippen molar-refractivity contribution in [3.05, 3.63) is 0 Å². The summed E-state index contributed by atoms with van der Waals surface area (Å²) in [5.74, 6) is -4.81. The van der Waals surface area contributed by atoms with Crippen molar-refractivity contribution in [3.8, 4) is 6.07 Å². The zero-order valence-corrected chi connectivity index (χ0v) is 56.0. The van der Waals surface area contributed by atoms with Crippen molar-refractivity contribution < 1.29 is 124 Å². The minimum atomic E-state index is -1.28. The van der Waals surface area contributed by atoms with Gasteiger partial charge in [-0.1, -0.05) is 27.7 Å². The highest BCUT2D eigenvalue weighted by molar-refractivity contribution is 6.03. The first-order valence-electron chi connectivity index (χ1n) is 33.1. The summed E-state index contributed by atoms with van der Waals surface area (Å²) in [6.07, 6.45) is 3.23. The Morgan fingerprint density at radius 3 is 1.49 bits per heavy atom. The first kappa shape index (κ1) is 71.3. The number of fused-ring (bicyclic) bond motifs is 4. The van der Waals surface area contributed by atoms with Crippen molar-refractivity contribution >= 4 is 71.6 Å². The molecule has 0 radical (unpaired) electrons. The van der Waals surface area contributed by atoms with Gasteiger partial charge in [0.05, 0.1) is 59.4 Å². The van der Waals surface area contributed by atoms with Crippen molar-refractivity contribution in [1.82, 2.24) is 0 Å². The van der Waals surface area contributed by atoms with Gasteiger partial charge in [-0.05, 0) is 132 Å². The van der Waals surface area contributed by atoms with Gasteiger partial charge in [0.2, 0.25) is 0 Å². The maximum atomic E-state index is 12.3. The number of esters is 12. The number of ether oxygens (including phenoxy) is 14. The van der Waals surface area contributed by atoms with Crippen LogP contribution in [0.2, 0.25) is 0 Å². The minimum absolute atomic E-state index is 0.00409. The molecule has 0 amide bonds. The van der Waals surface area contributed by atoms with E-state index in [2.05, 4.69) is 0 Å². The molecule has 6 aliphatic heterocycles. The summed E-state index contributed by atoms with van der Waals surface area (Å²) in [7, 11) is 1.24. The van der Waals surface area contributed by atoms with Crippen molar-refractivity contribution in [3.63, 3.8) is 0 Å². The SMILES string of the molecule is CCC(C)(C)C(=O)OCC(=O)OC1C2CC3(C#N)C(=O)OC1C3O2.CCC(C)(C)C(=O)OCC(=O)OC1C2CC3C1OC(=O)C3(C(=O)OC)C2.CCC(C)(C)C(=O)OCC(=O)OC1C2CCC3C(C2)C(=O)OC31.CCC(C)(C)C(=O)OCCOC1C2CC3C(=O)OC1C3C2. The molecule has 0 N–H and O–H groups in total. The molecule has 0 aromatic rings. The predicted molar refractivity (Wildman–Crippen MR) is 315 cm³/mol. The van der Waals surface area contributed by atoms with Crippen LogP contribution in [0.5, 0.6) is 0 Å². The zero-order chi connectivity index (χ0) is 68.9. The van der Waals surface area contributed by atoms with E-state index in [1.54, 1.807) is 41.5 Å². The van der Waals surface area contributed by atoms with E-state index in [0.29, 0.717) is 44.1 Å². The number of carbonyl (C=O) groups excluding carboxylic acids is 12. The second-order valence-electron chi connectivity index (χ2n) is 29.6. The molecular formula is C67H91NO26. The van der Waals surface area contributed by atoms with E-state index in [1.165, 1.54) is 7.11 Å². The normalized spacial score (nSPS) is 35.5. The number of nitrogens with zero attached hydrogens (tertiary/aromatic N) is 1. The van der Waals surface area contributed by atoms with Crippen LogP contribution in [-0.2, 0) is 124 Å². The van der Waals surface area contributed by atoms with E-state index < -0.39 is 136 Å². The molecule has 20 unspecified atom stereocenters. The van der Waals surface area contributed by atoms with Gasteiger partial charge in [-0.2, -0.15) is 5.26 Å². The first-order valence-corrected chi connectivity index (χ1v) is 33.1. The van der Waals surface area contributed by atoms with E-state index in [9.17, 15) is 62.8 Å². The van der Waals surface area contributed by atoms with Crippen LogP contribution in [0.15, 0.2) is 0 Å². The Kier molecular flexibility index (Phi) is 20.7. The topological polar surface area (TPSA) is 358 Å². The van der Waals surface area contributed by atoms with Crippen LogP contribution in [0, 0.1) is 91.2 Å². The van der Waals surface area contributed by atoms with Gasteiger partial charge in [-0.25, -0.2) is 14.4 Å². The number of methoxy groups -OCH3 is 1. The van der Waals surface area contributed by atoms with Gasteiger partial charge >= 0.3 is 71.6 Å². The lowest BCUT2D eigenvalue weighted by Gasteiger charge is -2.43.